The van der Waals surface area contributed by atoms with E-state index in [1.54, 1.807) is 0 Å². The molecule has 0 aliphatic carbocycles. The van der Waals surface area contributed by atoms with E-state index in [0.29, 0.717) is 0 Å². The number of rotatable bonds is 3. The molecular weight excluding hydrogens is 190 g/mol. The lowest BCUT2D eigenvalue weighted by Crippen LogP contribution is -2.29. The molecule has 1 heterocycles. The number of nitrogens with zero attached hydrogens (tertiary/aromatic N) is 1. The molecule has 82 valence electrons. The van der Waals surface area contributed by atoms with Gasteiger partial charge in [-0.2, -0.15) is 15.3 Å². The Morgan fingerprint density at radius 2 is 2.07 bits per heavy atom. The standard InChI is InChI=1S/C12H23NS/c1-4-6-12-7-8-14(3,10-13)9-11(12)5-2/h11-12H,4-9H2,1-3H3. The average Bonchev–Trinajstić information content (AvgIpc) is 2.21. The van der Waals surface area contributed by atoms with Crippen molar-refractivity contribution in [2.24, 2.45) is 11.8 Å². The van der Waals surface area contributed by atoms with Crippen LogP contribution in [0.3, 0.4) is 0 Å². The van der Waals surface area contributed by atoms with Gasteiger partial charge in [-0.05, 0) is 36.0 Å². The molecule has 0 amide bonds. The molecule has 0 aromatic carbocycles. The highest BCUT2D eigenvalue weighted by atomic mass is 32.3. The molecule has 0 N–H and O–H groups in total. The minimum Gasteiger partial charge on any atom is -0.187 e. The lowest BCUT2D eigenvalue weighted by atomic mass is 9.85. The molecule has 1 aliphatic rings. The second kappa shape index (κ2) is 5.07. The summed E-state index contributed by atoms with van der Waals surface area (Å²) in [7, 11) is -0.885. The van der Waals surface area contributed by atoms with Gasteiger partial charge in [-0.25, -0.2) is 0 Å². The Morgan fingerprint density at radius 3 is 2.57 bits per heavy atom. The first kappa shape index (κ1) is 11.9. The molecule has 0 bridgehead atoms. The van der Waals surface area contributed by atoms with Crippen LogP contribution in [0.2, 0.25) is 0 Å². The van der Waals surface area contributed by atoms with Crippen molar-refractivity contribution in [3.63, 3.8) is 0 Å². The zero-order valence-corrected chi connectivity index (χ0v) is 10.6. The third-order valence-corrected chi connectivity index (χ3v) is 6.33. The fourth-order valence-corrected chi connectivity index (χ4v) is 5.23. The van der Waals surface area contributed by atoms with Gasteiger partial charge in [0.2, 0.25) is 0 Å². The van der Waals surface area contributed by atoms with Crippen molar-refractivity contribution in [3.8, 4) is 5.40 Å². The summed E-state index contributed by atoms with van der Waals surface area (Å²) >= 11 is 0. The van der Waals surface area contributed by atoms with Gasteiger partial charge in [-0.15, -0.1) is 0 Å². The summed E-state index contributed by atoms with van der Waals surface area (Å²) in [6, 6.07) is 0. The minimum atomic E-state index is -0.885. The van der Waals surface area contributed by atoms with Gasteiger partial charge in [-0.1, -0.05) is 33.1 Å². The second-order valence-electron chi connectivity index (χ2n) is 4.74. The molecule has 0 aromatic heterocycles. The Morgan fingerprint density at radius 1 is 1.36 bits per heavy atom. The SMILES string of the molecule is CCCC1CCS(C)(C#N)CC1CC. The number of thiocyanates is 1. The number of nitriles is 1. The lowest BCUT2D eigenvalue weighted by Gasteiger charge is -2.41. The third-order valence-electron chi connectivity index (χ3n) is 3.59. The summed E-state index contributed by atoms with van der Waals surface area (Å²) < 4.78 is 0. The van der Waals surface area contributed by atoms with E-state index in [-0.39, 0.29) is 0 Å². The first-order valence-electron chi connectivity index (χ1n) is 5.79. The fourth-order valence-electron chi connectivity index (χ4n) is 2.62. The van der Waals surface area contributed by atoms with Gasteiger partial charge in [0.15, 0.2) is 0 Å². The highest BCUT2D eigenvalue weighted by molar-refractivity contribution is 8.36. The van der Waals surface area contributed by atoms with E-state index in [1.165, 1.54) is 37.2 Å². The molecule has 1 rings (SSSR count). The summed E-state index contributed by atoms with van der Waals surface area (Å²) in [5.41, 5.74) is 0. The van der Waals surface area contributed by atoms with Crippen LogP contribution in [0.15, 0.2) is 0 Å². The maximum atomic E-state index is 9.17. The van der Waals surface area contributed by atoms with Gasteiger partial charge >= 0.3 is 0 Å². The van der Waals surface area contributed by atoms with E-state index < -0.39 is 10.0 Å². The van der Waals surface area contributed by atoms with Gasteiger partial charge < -0.3 is 0 Å². The summed E-state index contributed by atoms with van der Waals surface area (Å²) in [5.74, 6) is 4.16. The molecule has 1 aliphatic heterocycles. The van der Waals surface area contributed by atoms with Crippen molar-refractivity contribution >= 4 is 10.0 Å². The molecule has 3 atom stereocenters. The van der Waals surface area contributed by atoms with Crippen LogP contribution in [0.25, 0.3) is 0 Å². The Hall–Kier alpha value is -0.160. The summed E-state index contributed by atoms with van der Waals surface area (Å²) in [4.78, 5) is 0. The molecular formula is C12H23NS. The van der Waals surface area contributed by atoms with Gasteiger partial charge in [0.05, 0.1) is 0 Å². The van der Waals surface area contributed by atoms with Crippen LogP contribution >= 0.6 is 10.0 Å². The van der Waals surface area contributed by atoms with Gasteiger partial charge in [0, 0.05) is 0 Å². The normalized spacial score (nSPS) is 42.4. The topological polar surface area (TPSA) is 23.8 Å². The molecule has 3 unspecified atom stereocenters. The van der Waals surface area contributed by atoms with Crippen molar-refractivity contribution in [1.29, 1.82) is 5.26 Å². The quantitative estimate of drug-likeness (QED) is 0.655. The van der Waals surface area contributed by atoms with Gasteiger partial charge in [0.25, 0.3) is 0 Å². The summed E-state index contributed by atoms with van der Waals surface area (Å²) in [6.45, 7) is 4.56. The minimum absolute atomic E-state index is 0.836. The highest BCUT2D eigenvalue weighted by Crippen LogP contribution is 2.52. The average molecular weight is 213 g/mol. The van der Waals surface area contributed by atoms with Crippen LogP contribution in [0.1, 0.15) is 39.5 Å². The molecule has 14 heavy (non-hydrogen) atoms. The maximum absolute atomic E-state index is 9.17. The lowest BCUT2D eigenvalue weighted by molar-refractivity contribution is 0.312. The van der Waals surface area contributed by atoms with E-state index in [2.05, 4.69) is 25.5 Å². The van der Waals surface area contributed by atoms with E-state index in [0.717, 1.165) is 11.8 Å². The van der Waals surface area contributed by atoms with E-state index in [9.17, 15) is 0 Å². The van der Waals surface area contributed by atoms with Crippen LogP contribution in [-0.2, 0) is 0 Å². The smallest absolute Gasteiger partial charge is 0.113 e. The molecule has 1 nitrogen and oxygen atoms in total. The van der Waals surface area contributed by atoms with Gasteiger partial charge in [-0.3, -0.25) is 0 Å². The first-order valence-corrected chi connectivity index (χ1v) is 8.17. The maximum Gasteiger partial charge on any atom is 0.113 e. The molecule has 1 saturated heterocycles. The zero-order valence-electron chi connectivity index (χ0n) is 9.75. The predicted molar refractivity (Wildman–Crippen MR) is 65.7 cm³/mol. The van der Waals surface area contributed by atoms with Crippen molar-refractivity contribution in [2.45, 2.75) is 39.5 Å². The number of hydrogen-bond donors (Lipinski definition) is 0. The predicted octanol–water partition coefficient (Wildman–Crippen LogP) is 3.75. The molecule has 0 radical (unpaired) electrons. The van der Waals surface area contributed by atoms with E-state index in [4.69, 9.17) is 5.26 Å². The zero-order chi connectivity index (χ0) is 10.6. The molecule has 0 spiro atoms. The Labute approximate surface area is 90.2 Å². The van der Waals surface area contributed by atoms with Crippen LogP contribution in [0.4, 0.5) is 0 Å². The molecule has 0 aromatic rings. The van der Waals surface area contributed by atoms with Crippen LogP contribution in [-0.4, -0.2) is 17.8 Å². The van der Waals surface area contributed by atoms with Gasteiger partial charge in [0.1, 0.15) is 5.40 Å². The molecule has 0 saturated carbocycles. The monoisotopic (exact) mass is 213 g/mol. The second-order valence-corrected chi connectivity index (χ2v) is 8.21. The molecule has 1 fully saturated rings. The van der Waals surface area contributed by atoms with Crippen LogP contribution < -0.4 is 0 Å². The Kier molecular flexibility index (Phi) is 4.31. The van der Waals surface area contributed by atoms with Crippen molar-refractivity contribution in [1.82, 2.24) is 0 Å². The summed E-state index contributed by atoms with van der Waals surface area (Å²) in [6.07, 6.45) is 7.48. The highest BCUT2D eigenvalue weighted by Gasteiger charge is 2.33. The van der Waals surface area contributed by atoms with Crippen molar-refractivity contribution in [2.75, 3.05) is 17.8 Å². The third kappa shape index (κ3) is 2.67. The van der Waals surface area contributed by atoms with Crippen LogP contribution in [0.5, 0.6) is 0 Å². The Balaban J connectivity index is 2.60. The summed E-state index contributed by atoms with van der Waals surface area (Å²) in [5, 5.41) is 11.8. The van der Waals surface area contributed by atoms with Crippen molar-refractivity contribution in [3.05, 3.63) is 0 Å². The Bertz CT molecular complexity index is 221. The van der Waals surface area contributed by atoms with E-state index in [1.807, 2.05) is 0 Å². The molecule has 2 heteroatoms. The largest absolute Gasteiger partial charge is 0.187 e. The van der Waals surface area contributed by atoms with Crippen molar-refractivity contribution < 1.29 is 0 Å². The van der Waals surface area contributed by atoms with E-state index >= 15 is 0 Å². The van der Waals surface area contributed by atoms with Crippen LogP contribution in [0, 0.1) is 22.5 Å². The fraction of sp³-hybridized carbons (Fsp3) is 0.917. The first-order chi connectivity index (χ1) is 6.65. The number of hydrogen-bond acceptors (Lipinski definition) is 1.